The van der Waals surface area contributed by atoms with Gasteiger partial charge in [0, 0.05) is 12.7 Å². The summed E-state index contributed by atoms with van der Waals surface area (Å²) in [7, 11) is 0. The average molecular weight is 248 g/mol. The van der Waals surface area contributed by atoms with Crippen LogP contribution in [0.3, 0.4) is 0 Å². The lowest BCUT2D eigenvalue weighted by Crippen LogP contribution is -2.14. The largest absolute Gasteiger partial charge is 0.353 e. The van der Waals surface area contributed by atoms with Crippen LogP contribution >= 0.6 is 11.8 Å². The molecule has 1 unspecified atom stereocenters. The van der Waals surface area contributed by atoms with Gasteiger partial charge in [0.25, 0.3) is 0 Å². The van der Waals surface area contributed by atoms with Gasteiger partial charge in [0.2, 0.25) is 5.95 Å². The summed E-state index contributed by atoms with van der Waals surface area (Å²) in [6, 6.07) is 4.09. The molecule has 1 saturated heterocycles. The minimum atomic E-state index is 0.743. The molecule has 5 heteroatoms. The van der Waals surface area contributed by atoms with Gasteiger partial charge in [-0.15, -0.1) is 5.10 Å². The lowest BCUT2D eigenvalue weighted by molar-refractivity contribution is 0.629. The Morgan fingerprint density at radius 3 is 3.35 bits per heavy atom. The van der Waals surface area contributed by atoms with Crippen LogP contribution in [0.4, 0.5) is 5.95 Å². The standard InChI is InChI=1S/C12H16N4S/c1-9-2-4-16-11(6-9)14-12(15-16)13-7-10-3-5-17-8-10/h2,4,6,10H,3,5,7-8H2,1H3,(H,13,15). The maximum absolute atomic E-state index is 4.47. The number of fused-ring (bicyclic) bond motifs is 1. The van der Waals surface area contributed by atoms with E-state index in [9.17, 15) is 0 Å². The lowest BCUT2D eigenvalue weighted by atomic mass is 10.1. The molecule has 2 aromatic heterocycles. The van der Waals surface area contributed by atoms with Gasteiger partial charge in [0.15, 0.2) is 5.65 Å². The highest BCUT2D eigenvalue weighted by atomic mass is 32.2. The molecule has 4 nitrogen and oxygen atoms in total. The number of aryl methyl sites for hydroxylation is 1. The molecule has 0 radical (unpaired) electrons. The van der Waals surface area contributed by atoms with Crippen LogP contribution < -0.4 is 5.32 Å². The summed E-state index contributed by atoms with van der Waals surface area (Å²) in [4.78, 5) is 4.47. The average Bonchev–Trinajstić information content (AvgIpc) is 2.94. The zero-order valence-corrected chi connectivity index (χ0v) is 10.7. The van der Waals surface area contributed by atoms with E-state index in [0.717, 1.165) is 24.1 Å². The van der Waals surface area contributed by atoms with Crippen molar-refractivity contribution in [3.8, 4) is 0 Å². The molecule has 0 spiro atoms. The van der Waals surface area contributed by atoms with E-state index in [-0.39, 0.29) is 0 Å². The van der Waals surface area contributed by atoms with E-state index in [0.29, 0.717) is 0 Å². The highest BCUT2D eigenvalue weighted by molar-refractivity contribution is 7.99. The van der Waals surface area contributed by atoms with Crippen molar-refractivity contribution in [3.63, 3.8) is 0 Å². The molecule has 1 aliphatic rings. The fourth-order valence-electron chi connectivity index (χ4n) is 2.04. The molecule has 0 amide bonds. The van der Waals surface area contributed by atoms with Gasteiger partial charge in [-0.2, -0.15) is 16.7 Å². The molecule has 1 atom stereocenters. The van der Waals surface area contributed by atoms with Crippen LogP contribution in [-0.4, -0.2) is 32.6 Å². The monoisotopic (exact) mass is 248 g/mol. The summed E-state index contributed by atoms with van der Waals surface area (Å²) in [5, 5.41) is 7.74. The number of aromatic nitrogens is 3. The molecule has 17 heavy (non-hydrogen) atoms. The van der Waals surface area contributed by atoms with Crippen LogP contribution in [0.25, 0.3) is 5.65 Å². The zero-order valence-electron chi connectivity index (χ0n) is 9.89. The van der Waals surface area contributed by atoms with Crippen LogP contribution in [0.1, 0.15) is 12.0 Å². The quantitative estimate of drug-likeness (QED) is 0.904. The summed E-state index contributed by atoms with van der Waals surface area (Å²) in [6.45, 7) is 3.06. The normalized spacial score (nSPS) is 19.9. The van der Waals surface area contributed by atoms with Gasteiger partial charge in [0.1, 0.15) is 0 Å². The van der Waals surface area contributed by atoms with Gasteiger partial charge < -0.3 is 5.32 Å². The first kappa shape index (κ1) is 10.9. The minimum absolute atomic E-state index is 0.743. The zero-order chi connectivity index (χ0) is 11.7. The molecule has 2 aromatic rings. The van der Waals surface area contributed by atoms with Crippen LogP contribution in [-0.2, 0) is 0 Å². The second-order valence-corrected chi connectivity index (χ2v) is 5.70. The first-order valence-corrected chi connectivity index (χ1v) is 7.11. The lowest BCUT2D eigenvalue weighted by Gasteiger charge is -2.07. The summed E-state index contributed by atoms with van der Waals surface area (Å²) < 4.78 is 1.82. The van der Waals surface area contributed by atoms with Crippen LogP contribution in [0, 0.1) is 12.8 Å². The Morgan fingerprint density at radius 2 is 2.53 bits per heavy atom. The van der Waals surface area contributed by atoms with Crippen LogP contribution in [0.5, 0.6) is 0 Å². The second-order valence-electron chi connectivity index (χ2n) is 4.55. The van der Waals surface area contributed by atoms with E-state index in [1.165, 1.54) is 23.5 Å². The topological polar surface area (TPSA) is 42.2 Å². The fraction of sp³-hybridized carbons (Fsp3) is 0.500. The van der Waals surface area contributed by atoms with Gasteiger partial charge in [0.05, 0.1) is 0 Å². The van der Waals surface area contributed by atoms with E-state index in [2.05, 4.69) is 22.3 Å². The Balaban J connectivity index is 1.72. The van der Waals surface area contributed by atoms with Crippen molar-refractivity contribution in [2.75, 3.05) is 23.4 Å². The van der Waals surface area contributed by atoms with Gasteiger partial charge >= 0.3 is 0 Å². The number of nitrogens with one attached hydrogen (secondary N) is 1. The van der Waals surface area contributed by atoms with Gasteiger partial charge in [-0.3, -0.25) is 0 Å². The number of pyridine rings is 1. The van der Waals surface area contributed by atoms with Crippen molar-refractivity contribution in [2.24, 2.45) is 5.92 Å². The van der Waals surface area contributed by atoms with Gasteiger partial charge in [-0.25, -0.2) is 4.52 Å². The Hall–Kier alpha value is -1.23. The number of nitrogens with zero attached hydrogens (tertiary/aromatic N) is 3. The van der Waals surface area contributed by atoms with Crippen LogP contribution in [0.2, 0.25) is 0 Å². The molecule has 3 heterocycles. The molecular weight excluding hydrogens is 232 g/mol. The molecule has 1 aliphatic heterocycles. The summed E-state index contributed by atoms with van der Waals surface area (Å²) in [5.74, 6) is 4.07. The van der Waals surface area contributed by atoms with Crippen LogP contribution in [0.15, 0.2) is 18.3 Å². The molecular formula is C12H16N4S. The van der Waals surface area contributed by atoms with Crippen molar-refractivity contribution >= 4 is 23.4 Å². The molecule has 1 N–H and O–H groups in total. The predicted molar refractivity (Wildman–Crippen MR) is 71.6 cm³/mol. The Kier molecular flexibility index (Phi) is 2.93. The molecule has 0 saturated carbocycles. The van der Waals surface area contributed by atoms with E-state index in [1.54, 1.807) is 0 Å². The Labute approximate surface area is 105 Å². The SMILES string of the molecule is Cc1ccn2nc(NCC3CCSC3)nc2c1. The third-order valence-electron chi connectivity index (χ3n) is 3.07. The molecule has 1 fully saturated rings. The van der Waals surface area contributed by atoms with Crippen molar-refractivity contribution in [1.29, 1.82) is 0 Å². The smallest absolute Gasteiger partial charge is 0.243 e. The first-order valence-electron chi connectivity index (χ1n) is 5.96. The second kappa shape index (κ2) is 4.56. The third-order valence-corrected chi connectivity index (χ3v) is 4.30. The molecule has 3 rings (SSSR count). The Morgan fingerprint density at radius 1 is 1.59 bits per heavy atom. The minimum Gasteiger partial charge on any atom is -0.353 e. The molecule has 0 aromatic carbocycles. The fourth-order valence-corrected chi connectivity index (χ4v) is 3.32. The summed E-state index contributed by atoms with van der Waals surface area (Å²) in [6.07, 6.45) is 3.26. The maximum Gasteiger partial charge on any atom is 0.243 e. The molecule has 0 bridgehead atoms. The molecule has 90 valence electrons. The van der Waals surface area contributed by atoms with Gasteiger partial charge in [-0.1, -0.05) is 0 Å². The van der Waals surface area contributed by atoms with Crippen molar-refractivity contribution in [1.82, 2.24) is 14.6 Å². The highest BCUT2D eigenvalue weighted by Gasteiger charge is 2.15. The summed E-state index contributed by atoms with van der Waals surface area (Å²) >= 11 is 2.04. The third kappa shape index (κ3) is 2.39. The number of rotatable bonds is 3. The van der Waals surface area contributed by atoms with Gasteiger partial charge in [-0.05, 0) is 48.5 Å². The number of thioether (sulfide) groups is 1. The van der Waals surface area contributed by atoms with E-state index in [4.69, 9.17) is 0 Å². The van der Waals surface area contributed by atoms with Crippen molar-refractivity contribution < 1.29 is 0 Å². The predicted octanol–water partition coefficient (Wildman–Crippen LogP) is 2.20. The summed E-state index contributed by atoms with van der Waals surface area (Å²) in [5.41, 5.74) is 2.12. The Bertz CT molecular complexity index is 516. The van der Waals surface area contributed by atoms with Crippen molar-refractivity contribution in [3.05, 3.63) is 23.9 Å². The number of hydrogen-bond acceptors (Lipinski definition) is 4. The number of anilines is 1. The molecule has 0 aliphatic carbocycles. The highest BCUT2D eigenvalue weighted by Crippen LogP contribution is 2.23. The van der Waals surface area contributed by atoms with E-state index in [1.807, 2.05) is 34.6 Å². The van der Waals surface area contributed by atoms with E-state index >= 15 is 0 Å². The first-order chi connectivity index (χ1) is 8.31. The van der Waals surface area contributed by atoms with Crippen molar-refractivity contribution in [2.45, 2.75) is 13.3 Å². The number of hydrogen-bond donors (Lipinski definition) is 1. The maximum atomic E-state index is 4.47. The van der Waals surface area contributed by atoms with E-state index < -0.39 is 0 Å².